The van der Waals surface area contributed by atoms with Crippen LogP contribution in [-0.4, -0.2) is 9.78 Å². The van der Waals surface area contributed by atoms with Crippen LogP contribution in [0.15, 0.2) is 6.07 Å². The van der Waals surface area contributed by atoms with Crippen molar-refractivity contribution in [3.05, 3.63) is 17.5 Å². The van der Waals surface area contributed by atoms with Gasteiger partial charge in [-0.2, -0.15) is 5.10 Å². The van der Waals surface area contributed by atoms with Crippen LogP contribution in [-0.2, 0) is 3.91 Å². The van der Waals surface area contributed by atoms with Crippen molar-refractivity contribution in [3.8, 4) is 0 Å². The maximum absolute atomic E-state index is 6.39. The summed E-state index contributed by atoms with van der Waals surface area (Å²) in [5.74, 6) is 0.521. The number of hydrogen-bond donors (Lipinski definition) is 0. The Labute approximate surface area is 91.4 Å². The Hall–Kier alpha value is -0.0200. The SMILES string of the molecule is Cc1cc(C)n(C(Cl)(Br)C2CC2)n1. The normalized spacial score (nSPS) is 21.5. The maximum Gasteiger partial charge on any atom is 0.193 e. The lowest BCUT2D eigenvalue weighted by Crippen LogP contribution is -2.24. The Morgan fingerprint density at radius 1 is 1.62 bits per heavy atom. The molecule has 0 radical (unpaired) electrons. The van der Waals surface area contributed by atoms with E-state index in [1.165, 1.54) is 12.8 Å². The summed E-state index contributed by atoms with van der Waals surface area (Å²) in [6.45, 7) is 4.01. The Bertz CT molecular complexity index is 328. The summed E-state index contributed by atoms with van der Waals surface area (Å²) in [6, 6.07) is 2.04. The monoisotopic (exact) mass is 262 g/mol. The lowest BCUT2D eigenvalue weighted by molar-refractivity contribution is 0.485. The number of halogens is 2. The van der Waals surface area contributed by atoms with Crippen LogP contribution >= 0.6 is 27.5 Å². The van der Waals surface area contributed by atoms with Crippen molar-refractivity contribution in [2.45, 2.75) is 30.6 Å². The van der Waals surface area contributed by atoms with Gasteiger partial charge in [0, 0.05) is 11.6 Å². The van der Waals surface area contributed by atoms with Gasteiger partial charge in [0.05, 0.1) is 5.69 Å². The van der Waals surface area contributed by atoms with Crippen molar-refractivity contribution in [1.82, 2.24) is 9.78 Å². The molecular weight excluding hydrogens is 251 g/mol. The molecule has 0 aliphatic heterocycles. The molecule has 1 aliphatic rings. The van der Waals surface area contributed by atoms with E-state index >= 15 is 0 Å². The van der Waals surface area contributed by atoms with Crippen molar-refractivity contribution >= 4 is 27.5 Å². The maximum atomic E-state index is 6.39. The van der Waals surface area contributed by atoms with Gasteiger partial charge in [0.1, 0.15) is 0 Å². The highest BCUT2D eigenvalue weighted by molar-refractivity contribution is 9.10. The van der Waals surface area contributed by atoms with Gasteiger partial charge in [0.15, 0.2) is 3.91 Å². The minimum atomic E-state index is -0.495. The molecule has 1 aromatic heterocycles. The predicted molar refractivity (Wildman–Crippen MR) is 57.2 cm³/mol. The summed E-state index contributed by atoms with van der Waals surface area (Å²) in [7, 11) is 0. The van der Waals surface area contributed by atoms with Gasteiger partial charge in [0.25, 0.3) is 0 Å². The molecule has 0 saturated heterocycles. The highest BCUT2D eigenvalue weighted by Crippen LogP contribution is 2.51. The second-order valence-corrected chi connectivity index (χ2v) is 5.94. The fourth-order valence-electron chi connectivity index (χ4n) is 1.53. The van der Waals surface area contributed by atoms with E-state index in [1.54, 1.807) is 0 Å². The Balaban J connectivity index is 2.37. The lowest BCUT2D eigenvalue weighted by Gasteiger charge is -2.21. The van der Waals surface area contributed by atoms with Gasteiger partial charge in [-0.15, -0.1) is 0 Å². The first-order valence-corrected chi connectivity index (χ1v) is 5.60. The Morgan fingerprint density at radius 2 is 2.23 bits per heavy atom. The molecule has 2 rings (SSSR count). The topological polar surface area (TPSA) is 17.8 Å². The van der Waals surface area contributed by atoms with E-state index in [0.717, 1.165) is 11.4 Å². The smallest absolute Gasteiger partial charge is 0.193 e. The number of rotatable bonds is 2. The zero-order valence-corrected chi connectivity index (χ0v) is 10.1. The first kappa shape index (κ1) is 9.53. The molecule has 13 heavy (non-hydrogen) atoms. The third-order valence-corrected chi connectivity index (χ3v) is 3.81. The van der Waals surface area contributed by atoms with Crippen LogP contribution in [0.1, 0.15) is 24.2 Å². The van der Waals surface area contributed by atoms with Crippen molar-refractivity contribution in [2.24, 2.45) is 5.92 Å². The summed E-state index contributed by atoms with van der Waals surface area (Å²) >= 11 is 9.94. The average molecular weight is 264 g/mol. The van der Waals surface area contributed by atoms with Gasteiger partial charge in [-0.1, -0.05) is 11.6 Å². The number of alkyl halides is 2. The van der Waals surface area contributed by atoms with E-state index in [-0.39, 0.29) is 0 Å². The van der Waals surface area contributed by atoms with Crippen LogP contribution in [0.5, 0.6) is 0 Å². The van der Waals surface area contributed by atoms with Crippen LogP contribution in [0.25, 0.3) is 0 Å². The quantitative estimate of drug-likeness (QED) is 0.750. The summed E-state index contributed by atoms with van der Waals surface area (Å²) in [4.78, 5) is 0. The molecule has 1 aromatic rings. The van der Waals surface area contributed by atoms with Crippen LogP contribution in [0.3, 0.4) is 0 Å². The van der Waals surface area contributed by atoms with Gasteiger partial charge >= 0.3 is 0 Å². The summed E-state index contributed by atoms with van der Waals surface area (Å²) < 4.78 is 1.38. The molecule has 0 amide bonds. The third-order valence-electron chi connectivity index (χ3n) is 2.36. The molecule has 1 atom stereocenters. The molecule has 1 saturated carbocycles. The average Bonchev–Trinajstić information content (AvgIpc) is 2.78. The molecule has 4 heteroatoms. The highest BCUT2D eigenvalue weighted by Gasteiger charge is 2.44. The number of nitrogens with zero attached hydrogens (tertiary/aromatic N) is 2. The fourth-order valence-corrected chi connectivity index (χ4v) is 2.74. The number of aromatic nitrogens is 2. The molecule has 1 aliphatic carbocycles. The third kappa shape index (κ3) is 1.64. The highest BCUT2D eigenvalue weighted by atomic mass is 79.9. The van der Waals surface area contributed by atoms with Crippen molar-refractivity contribution in [2.75, 3.05) is 0 Å². The molecule has 0 aromatic carbocycles. The number of aryl methyl sites for hydroxylation is 2. The van der Waals surface area contributed by atoms with Crippen molar-refractivity contribution in [3.63, 3.8) is 0 Å². The minimum absolute atomic E-state index is 0.495. The number of hydrogen-bond acceptors (Lipinski definition) is 1. The minimum Gasteiger partial charge on any atom is -0.238 e. The molecule has 0 N–H and O–H groups in total. The van der Waals surface area contributed by atoms with Gasteiger partial charge < -0.3 is 0 Å². The second kappa shape index (κ2) is 2.99. The first-order valence-electron chi connectivity index (χ1n) is 4.43. The van der Waals surface area contributed by atoms with E-state index in [0.29, 0.717) is 5.92 Å². The zero-order chi connectivity index (χ0) is 9.64. The Morgan fingerprint density at radius 3 is 2.62 bits per heavy atom. The van der Waals surface area contributed by atoms with E-state index in [2.05, 4.69) is 21.0 Å². The van der Waals surface area contributed by atoms with Crippen LogP contribution in [0.2, 0.25) is 0 Å². The summed E-state index contributed by atoms with van der Waals surface area (Å²) in [5, 5.41) is 4.38. The van der Waals surface area contributed by atoms with E-state index < -0.39 is 3.91 Å². The summed E-state index contributed by atoms with van der Waals surface area (Å²) in [6.07, 6.45) is 2.38. The Kier molecular flexibility index (Phi) is 2.19. The molecular formula is C9H12BrClN2. The summed E-state index contributed by atoms with van der Waals surface area (Å²) in [5.41, 5.74) is 2.12. The van der Waals surface area contributed by atoms with Gasteiger partial charge in [-0.25, -0.2) is 4.68 Å². The van der Waals surface area contributed by atoms with E-state index in [1.807, 2.05) is 24.6 Å². The van der Waals surface area contributed by atoms with Crippen molar-refractivity contribution < 1.29 is 0 Å². The lowest BCUT2D eigenvalue weighted by atomic mass is 10.4. The molecule has 0 bridgehead atoms. The molecule has 1 fully saturated rings. The van der Waals surface area contributed by atoms with Crippen LogP contribution < -0.4 is 0 Å². The van der Waals surface area contributed by atoms with Crippen LogP contribution in [0.4, 0.5) is 0 Å². The van der Waals surface area contributed by atoms with Gasteiger partial charge in [-0.3, -0.25) is 0 Å². The fraction of sp³-hybridized carbons (Fsp3) is 0.667. The molecule has 1 heterocycles. The first-order chi connectivity index (χ1) is 6.01. The van der Waals surface area contributed by atoms with Crippen LogP contribution in [0, 0.1) is 19.8 Å². The van der Waals surface area contributed by atoms with Gasteiger partial charge in [-0.05, 0) is 48.7 Å². The van der Waals surface area contributed by atoms with E-state index in [9.17, 15) is 0 Å². The molecule has 2 nitrogen and oxygen atoms in total. The van der Waals surface area contributed by atoms with Gasteiger partial charge in [0.2, 0.25) is 0 Å². The second-order valence-electron chi connectivity index (χ2n) is 3.70. The largest absolute Gasteiger partial charge is 0.238 e. The standard InChI is InChI=1S/C9H12BrClN2/c1-6-5-7(2)13(12-6)9(10,11)8-3-4-8/h5,8H,3-4H2,1-2H3. The molecule has 72 valence electrons. The molecule has 0 spiro atoms. The molecule has 1 unspecified atom stereocenters. The zero-order valence-electron chi connectivity index (χ0n) is 7.72. The van der Waals surface area contributed by atoms with Crippen molar-refractivity contribution in [1.29, 1.82) is 0 Å². The predicted octanol–water partition coefficient (Wildman–Crippen LogP) is 3.15. The van der Waals surface area contributed by atoms with E-state index in [4.69, 9.17) is 11.6 Å².